The van der Waals surface area contributed by atoms with Gasteiger partial charge in [-0.1, -0.05) is 19.1 Å². The predicted octanol–water partition coefficient (Wildman–Crippen LogP) is 4.41. The zero-order chi connectivity index (χ0) is 15.1. The Bertz CT molecular complexity index is 400. The summed E-state index contributed by atoms with van der Waals surface area (Å²) in [5.74, 6) is 0.847. The first kappa shape index (κ1) is 17.2. The molecular weight excluding hydrogens is 373 g/mol. The molecule has 1 fully saturated rings. The van der Waals surface area contributed by atoms with Crippen LogP contribution < -0.4 is 5.32 Å². The number of hydrogen-bond donors (Lipinski definition) is 1. The zero-order valence-electron chi connectivity index (χ0n) is 13.3. The van der Waals surface area contributed by atoms with E-state index in [2.05, 4.69) is 66.0 Å². The van der Waals surface area contributed by atoms with Crippen LogP contribution in [0.25, 0.3) is 0 Å². The van der Waals surface area contributed by atoms with Crippen LogP contribution in [-0.4, -0.2) is 25.3 Å². The molecule has 0 heterocycles. The Balaban J connectivity index is 1.81. The van der Waals surface area contributed by atoms with Crippen LogP contribution in [0.3, 0.4) is 0 Å². The second-order valence-corrected chi connectivity index (χ2v) is 7.38. The van der Waals surface area contributed by atoms with Crippen molar-refractivity contribution in [3.63, 3.8) is 0 Å². The van der Waals surface area contributed by atoms with E-state index in [-0.39, 0.29) is 0 Å². The molecule has 0 bridgehead atoms. The first-order valence-corrected chi connectivity index (χ1v) is 9.38. The number of halogens is 1. The molecule has 0 aliphatic heterocycles. The maximum atomic E-state index is 5.68. The highest BCUT2D eigenvalue weighted by molar-refractivity contribution is 14.1. The van der Waals surface area contributed by atoms with Crippen molar-refractivity contribution in [3.05, 3.63) is 33.4 Å². The fourth-order valence-corrected chi connectivity index (χ4v) is 3.49. The van der Waals surface area contributed by atoms with Crippen molar-refractivity contribution >= 4 is 22.6 Å². The molecule has 2 nitrogen and oxygen atoms in total. The van der Waals surface area contributed by atoms with Crippen molar-refractivity contribution in [3.8, 4) is 0 Å². The van der Waals surface area contributed by atoms with Crippen LogP contribution in [0, 0.1) is 9.49 Å². The van der Waals surface area contributed by atoms with Gasteiger partial charge < -0.3 is 10.1 Å². The van der Waals surface area contributed by atoms with Gasteiger partial charge in [-0.3, -0.25) is 0 Å². The Labute approximate surface area is 143 Å². The van der Waals surface area contributed by atoms with Crippen LogP contribution in [0.1, 0.15) is 45.1 Å². The number of benzene rings is 1. The van der Waals surface area contributed by atoms with Gasteiger partial charge in [0.1, 0.15) is 0 Å². The molecule has 1 aliphatic carbocycles. The Hall–Kier alpha value is -0.130. The fourth-order valence-electron chi connectivity index (χ4n) is 3.13. The summed E-state index contributed by atoms with van der Waals surface area (Å²) in [5, 5.41) is 3.74. The summed E-state index contributed by atoms with van der Waals surface area (Å²) in [4.78, 5) is 0. The van der Waals surface area contributed by atoms with E-state index in [1.807, 2.05) is 0 Å². The lowest BCUT2D eigenvalue weighted by molar-refractivity contribution is -0.0290. The second-order valence-electron chi connectivity index (χ2n) is 6.13. The molecule has 1 atom stereocenters. The molecule has 1 aliphatic rings. The summed E-state index contributed by atoms with van der Waals surface area (Å²) < 4.78 is 6.99. The van der Waals surface area contributed by atoms with Gasteiger partial charge in [0.2, 0.25) is 0 Å². The maximum Gasteiger partial charge on any atom is 0.0580 e. The summed E-state index contributed by atoms with van der Waals surface area (Å²) in [7, 11) is 0. The van der Waals surface area contributed by atoms with E-state index in [9.17, 15) is 0 Å². The molecule has 1 aromatic carbocycles. The minimum atomic E-state index is 0.533. The molecule has 2 rings (SSSR count). The molecule has 0 spiro atoms. The van der Waals surface area contributed by atoms with Crippen LogP contribution in [0.15, 0.2) is 24.3 Å². The topological polar surface area (TPSA) is 21.3 Å². The van der Waals surface area contributed by atoms with Crippen LogP contribution in [-0.2, 0) is 11.2 Å². The number of rotatable bonds is 9. The molecule has 0 saturated heterocycles. The molecule has 0 amide bonds. The summed E-state index contributed by atoms with van der Waals surface area (Å²) in [6.07, 6.45) is 6.68. The molecule has 0 radical (unpaired) electrons. The maximum absolute atomic E-state index is 5.68. The minimum absolute atomic E-state index is 0.533. The molecular formula is C18H28INO. The van der Waals surface area contributed by atoms with Gasteiger partial charge in [-0.15, -0.1) is 0 Å². The highest BCUT2D eigenvalue weighted by Crippen LogP contribution is 2.34. The predicted molar refractivity (Wildman–Crippen MR) is 97.7 cm³/mol. The first-order valence-electron chi connectivity index (χ1n) is 8.30. The van der Waals surface area contributed by atoms with E-state index in [0.29, 0.717) is 12.1 Å². The van der Waals surface area contributed by atoms with Gasteiger partial charge in [0.15, 0.2) is 0 Å². The number of ether oxygens (including phenoxy) is 1. The van der Waals surface area contributed by atoms with E-state index in [4.69, 9.17) is 4.74 Å². The molecule has 3 heteroatoms. The van der Waals surface area contributed by atoms with Gasteiger partial charge in [0.25, 0.3) is 0 Å². The van der Waals surface area contributed by atoms with Gasteiger partial charge in [-0.05, 0) is 91.8 Å². The summed E-state index contributed by atoms with van der Waals surface area (Å²) >= 11 is 2.37. The average molecular weight is 401 g/mol. The SMILES string of the molecule is CCCNC(Cc1ccc(I)cc1)CC1CC(OCC)C1. The highest BCUT2D eigenvalue weighted by Gasteiger charge is 2.31. The molecule has 21 heavy (non-hydrogen) atoms. The molecule has 1 N–H and O–H groups in total. The van der Waals surface area contributed by atoms with E-state index in [0.717, 1.165) is 25.5 Å². The fraction of sp³-hybridized carbons (Fsp3) is 0.667. The van der Waals surface area contributed by atoms with Gasteiger partial charge in [0, 0.05) is 16.2 Å². The molecule has 1 unspecified atom stereocenters. The van der Waals surface area contributed by atoms with Crippen molar-refractivity contribution in [1.29, 1.82) is 0 Å². The third-order valence-electron chi connectivity index (χ3n) is 4.29. The number of nitrogens with one attached hydrogen (secondary N) is 1. The molecule has 0 aromatic heterocycles. The molecule has 1 saturated carbocycles. The smallest absolute Gasteiger partial charge is 0.0580 e. The lowest BCUT2D eigenvalue weighted by Crippen LogP contribution is -2.39. The van der Waals surface area contributed by atoms with Crippen LogP contribution in [0.4, 0.5) is 0 Å². The lowest BCUT2D eigenvalue weighted by atomic mass is 9.77. The lowest BCUT2D eigenvalue weighted by Gasteiger charge is -2.37. The van der Waals surface area contributed by atoms with Gasteiger partial charge in [-0.2, -0.15) is 0 Å². The van der Waals surface area contributed by atoms with Gasteiger partial charge >= 0.3 is 0 Å². The van der Waals surface area contributed by atoms with E-state index >= 15 is 0 Å². The Kier molecular flexibility index (Phi) is 7.47. The normalized spacial score (nSPS) is 22.8. The molecule has 118 valence electrons. The summed E-state index contributed by atoms with van der Waals surface area (Å²) in [6.45, 7) is 6.31. The standard InChI is InChI=1S/C18H28INO/c1-3-9-20-17(10-14-5-7-16(19)8-6-14)11-15-12-18(13-15)21-4-2/h5-8,15,17-18,20H,3-4,9-13H2,1-2H3. The monoisotopic (exact) mass is 401 g/mol. The highest BCUT2D eigenvalue weighted by atomic mass is 127. The van der Waals surface area contributed by atoms with E-state index in [1.54, 1.807) is 0 Å². The Morgan fingerprint density at radius 1 is 1.24 bits per heavy atom. The van der Waals surface area contributed by atoms with Gasteiger partial charge in [-0.25, -0.2) is 0 Å². The minimum Gasteiger partial charge on any atom is -0.378 e. The largest absolute Gasteiger partial charge is 0.378 e. The van der Waals surface area contributed by atoms with Crippen LogP contribution >= 0.6 is 22.6 Å². The molecule has 1 aromatic rings. The Morgan fingerprint density at radius 2 is 1.95 bits per heavy atom. The zero-order valence-corrected chi connectivity index (χ0v) is 15.4. The van der Waals surface area contributed by atoms with Crippen molar-refractivity contribution in [2.75, 3.05) is 13.2 Å². The second kappa shape index (κ2) is 9.11. The van der Waals surface area contributed by atoms with Crippen molar-refractivity contribution in [1.82, 2.24) is 5.32 Å². The third kappa shape index (κ3) is 5.87. The van der Waals surface area contributed by atoms with E-state index in [1.165, 1.54) is 34.8 Å². The summed E-state index contributed by atoms with van der Waals surface area (Å²) in [6, 6.07) is 9.57. The third-order valence-corrected chi connectivity index (χ3v) is 5.01. The quantitative estimate of drug-likeness (QED) is 0.619. The Morgan fingerprint density at radius 3 is 2.57 bits per heavy atom. The van der Waals surface area contributed by atoms with E-state index < -0.39 is 0 Å². The van der Waals surface area contributed by atoms with Crippen LogP contribution in [0.2, 0.25) is 0 Å². The average Bonchev–Trinajstić information content (AvgIpc) is 2.44. The van der Waals surface area contributed by atoms with Gasteiger partial charge in [0.05, 0.1) is 6.10 Å². The van der Waals surface area contributed by atoms with Crippen LogP contribution in [0.5, 0.6) is 0 Å². The van der Waals surface area contributed by atoms with Crippen molar-refractivity contribution in [2.45, 2.75) is 58.1 Å². The number of hydrogen-bond acceptors (Lipinski definition) is 2. The van der Waals surface area contributed by atoms with Crippen molar-refractivity contribution in [2.24, 2.45) is 5.92 Å². The van der Waals surface area contributed by atoms with Crippen molar-refractivity contribution < 1.29 is 4.74 Å². The first-order chi connectivity index (χ1) is 10.2. The summed E-state index contributed by atoms with van der Waals surface area (Å²) in [5.41, 5.74) is 1.45.